The van der Waals surface area contributed by atoms with E-state index in [1.807, 2.05) is 6.07 Å². The van der Waals surface area contributed by atoms with Crippen molar-refractivity contribution in [3.8, 4) is 22.6 Å². The van der Waals surface area contributed by atoms with E-state index in [2.05, 4.69) is 113 Å². The van der Waals surface area contributed by atoms with Crippen molar-refractivity contribution < 1.29 is 0 Å². The molecule has 0 spiro atoms. The molecule has 4 rings (SSSR count). The van der Waals surface area contributed by atoms with Gasteiger partial charge in [0.15, 0.2) is 0 Å². The van der Waals surface area contributed by atoms with Crippen molar-refractivity contribution in [3.05, 3.63) is 95.1 Å². The predicted molar refractivity (Wildman–Crippen MR) is 127 cm³/mol. The highest BCUT2D eigenvalue weighted by atomic mass is 79.9. The van der Waals surface area contributed by atoms with Gasteiger partial charge in [-0.05, 0) is 24.0 Å². The van der Waals surface area contributed by atoms with Crippen molar-refractivity contribution in [2.75, 3.05) is 0 Å². The van der Waals surface area contributed by atoms with Gasteiger partial charge in [0.1, 0.15) is 5.82 Å². The lowest BCUT2D eigenvalue weighted by molar-refractivity contribution is 0.524. The van der Waals surface area contributed by atoms with Gasteiger partial charge >= 0.3 is 0 Å². The average molecular weight is 445 g/mol. The minimum atomic E-state index is 0.501. The van der Waals surface area contributed by atoms with Crippen LogP contribution in [0.2, 0.25) is 0 Å². The Kier molecular flexibility index (Phi) is 5.96. The van der Waals surface area contributed by atoms with Crippen LogP contribution in [-0.4, -0.2) is 9.55 Å². The molecular formula is C26H25BrN2. The van der Waals surface area contributed by atoms with Crippen molar-refractivity contribution in [2.24, 2.45) is 5.92 Å². The summed E-state index contributed by atoms with van der Waals surface area (Å²) in [7, 11) is 0. The largest absolute Gasteiger partial charge is 0.323 e. The third kappa shape index (κ3) is 4.20. The molecule has 0 atom stereocenters. The number of aromatic nitrogens is 2. The van der Waals surface area contributed by atoms with Crippen molar-refractivity contribution in [1.29, 1.82) is 0 Å². The summed E-state index contributed by atoms with van der Waals surface area (Å²) in [5.74, 6) is 1.51. The van der Waals surface area contributed by atoms with Crippen LogP contribution in [0.5, 0.6) is 0 Å². The molecule has 0 saturated heterocycles. The summed E-state index contributed by atoms with van der Waals surface area (Å²) in [5, 5.41) is 0. The van der Waals surface area contributed by atoms with Gasteiger partial charge in [0.25, 0.3) is 0 Å². The number of hydrogen-bond acceptors (Lipinski definition) is 1. The molecule has 1 aromatic heterocycles. The number of imidazole rings is 1. The normalized spacial score (nSPS) is 13.6. The molecule has 0 aliphatic heterocycles. The first-order valence-corrected chi connectivity index (χ1v) is 10.9. The van der Waals surface area contributed by atoms with Crippen LogP contribution in [-0.2, 0) is 6.54 Å². The maximum absolute atomic E-state index is 5.21. The lowest BCUT2D eigenvalue weighted by Crippen LogP contribution is -2.10. The molecule has 0 bridgehead atoms. The smallest absolute Gasteiger partial charge is 0.142 e. The van der Waals surface area contributed by atoms with Crippen LogP contribution in [0.15, 0.2) is 89.5 Å². The molecule has 3 heteroatoms. The van der Waals surface area contributed by atoms with Gasteiger partial charge < -0.3 is 4.57 Å². The molecular weight excluding hydrogens is 420 g/mol. The summed E-state index contributed by atoms with van der Waals surface area (Å²) < 4.78 is 3.46. The molecule has 1 heterocycles. The zero-order chi connectivity index (χ0) is 20.2. The first-order chi connectivity index (χ1) is 14.1. The SMILES string of the molecule is CC(C)Cn1c(-c2ccccc2Br)nc(-c2ccccc2)c1C1=CCC=CC=C1. The van der Waals surface area contributed by atoms with Gasteiger partial charge in [0, 0.05) is 22.1 Å². The van der Waals surface area contributed by atoms with Gasteiger partial charge in [-0.3, -0.25) is 0 Å². The minimum absolute atomic E-state index is 0.501. The van der Waals surface area contributed by atoms with Crippen molar-refractivity contribution in [3.63, 3.8) is 0 Å². The monoisotopic (exact) mass is 444 g/mol. The van der Waals surface area contributed by atoms with Crippen LogP contribution in [0.25, 0.3) is 28.2 Å². The molecule has 0 amide bonds. The molecule has 2 nitrogen and oxygen atoms in total. The van der Waals surface area contributed by atoms with E-state index in [-0.39, 0.29) is 0 Å². The van der Waals surface area contributed by atoms with Crippen LogP contribution in [0.3, 0.4) is 0 Å². The summed E-state index contributed by atoms with van der Waals surface area (Å²) in [6, 6.07) is 18.9. The Bertz CT molecular complexity index is 1090. The van der Waals surface area contributed by atoms with Crippen LogP contribution >= 0.6 is 15.9 Å². The zero-order valence-corrected chi connectivity index (χ0v) is 18.4. The second-order valence-corrected chi connectivity index (χ2v) is 8.52. The Hall–Kier alpha value is -2.65. The van der Waals surface area contributed by atoms with E-state index in [1.165, 1.54) is 11.3 Å². The third-order valence-electron chi connectivity index (χ3n) is 4.95. The van der Waals surface area contributed by atoms with Crippen LogP contribution in [0.4, 0.5) is 0 Å². The fourth-order valence-electron chi connectivity index (χ4n) is 3.69. The molecule has 0 radical (unpaired) electrons. The fourth-order valence-corrected chi connectivity index (χ4v) is 4.15. The van der Waals surface area contributed by atoms with E-state index < -0.39 is 0 Å². The molecule has 0 fully saturated rings. The van der Waals surface area contributed by atoms with E-state index in [4.69, 9.17) is 4.98 Å². The summed E-state index contributed by atoms with van der Waals surface area (Å²) in [4.78, 5) is 5.21. The molecule has 0 saturated carbocycles. The Morgan fingerprint density at radius 3 is 2.52 bits per heavy atom. The third-order valence-corrected chi connectivity index (χ3v) is 5.64. The van der Waals surface area contributed by atoms with E-state index in [0.717, 1.165) is 40.1 Å². The topological polar surface area (TPSA) is 17.8 Å². The average Bonchev–Trinajstić information content (AvgIpc) is 2.89. The molecule has 146 valence electrons. The fraction of sp³-hybridized carbons (Fsp3) is 0.192. The van der Waals surface area contributed by atoms with Crippen molar-refractivity contribution in [1.82, 2.24) is 9.55 Å². The molecule has 0 N–H and O–H groups in total. The van der Waals surface area contributed by atoms with E-state index in [0.29, 0.717) is 5.92 Å². The summed E-state index contributed by atoms with van der Waals surface area (Å²) in [5.41, 5.74) is 5.71. The first kappa shape index (κ1) is 19.7. The van der Waals surface area contributed by atoms with Crippen LogP contribution in [0, 0.1) is 5.92 Å². The number of nitrogens with zero attached hydrogens (tertiary/aromatic N) is 2. The second kappa shape index (κ2) is 8.79. The maximum atomic E-state index is 5.21. The second-order valence-electron chi connectivity index (χ2n) is 7.67. The highest BCUT2D eigenvalue weighted by Crippen LogP contribution is 2.37. The summed E-state index contributed by atoms with van der Waals surface area (Å²) >= 11 is 3.74. The summed E-state index contributed by atoms with van der Waals surface area (Å²) in [6.07, 6.45) is 11.8. The zero-order valence-electron chi connectivity index (χ0n) is 16.8. The molecule has 2 aromatic carbocycles. The lowest BCUT2D eigenvalue weighted by Gasteiger charge is -2.16. The standard InChI is InChI=1S/C26H25BrN2/c1-19(2)18-29-25(21-14-6-3-4-7-15-21)24(20-12-8-5-9-13-20)28-26(29)22-16-10-11-17-23(22)27/h3-6,8-17,19H,7,18H2,1-2H3. The Morgan fingerprint density at radius 1 is 1.00 bits per heavy atom. The Balaban J connectivity index is 2.02. The van der Waals surface area contributed by atoms with Gasteiger partial charge in [-0.25, -0.2) is 4.98 Å². The highest BCUT2D eigenvalue weighted by Gasteiger charge is 2.23. The number of halogens is 1. The molecule has 1 aliphatic rings. The van der Waals surface area contributed by atoms with Gasteiger partial charge in [-0.15, -0.1) is 0 Å². The van der Waals surface area contributed by atoms with Crippen molar-refractivity contribution >= 4 is 21.5 Å². The number of rotatable bonds is 5. The van der Waals surface area contributed by atoms with Crippen LogP contribution in [0.1, 0.15) is 26.0 Å². The van der Waals surface area contributed by atoms with E-state index >= 15 is 0 Å². The summed E-state index contributed by atoms with van der Waals surface area (Å²) in [6.45, 7) is 5.42. The predicted octanol–water partition coefficient (Wildman–Crippen LogP) is 7.54. The maximum Gasteiger partial charge on any atom is 0.142 e. The minimum Gasteiger partial charge on any atom is -0.323 e. The molecule has 0 unspecified atom stereocenters. The van der Waals surface area contributed by atoms with Gasteiger partial charge in [0.05, 0.1) is 11.4 Å². The Morgan fingerprint density at radius 2 is 1.76 bits per heavy atom. The first-order valence-electron chi connectivity index (χ1n) is 10.1. The number of hydrogen-bond donors (Lipinski definition) is 0. The van der Waals surface area contributed by atoms with E-state index in [9.17, 15) is 0 Å². The van der Waals surface area contributed by atoms with Gasteiger partial charge in [-0.2, -0.15) is 0 Å². The highest BCUT2D eigenvalue weighted by molar-refractivity contribution is 9.10. The lowest BCUT2D eigenvalue weighted by atomic mass is 10.0. The molecule has 3 aromatic rings. The van der Waals surface area contributed by atoms with Gasteiger partial charge in [0.2, 0.25) is 0 Å². The van der Waals surface area contributed by atoms with E-state index in [1.54, 1.807) is 0 Å². The number of benzene rings is 2. The van der Waals surface area contributed by atoms with Crippen LogP contribution < -0.4 is 0 Å². The van der Waals surface area contributed by atoms with Crippen molar-refractivity contribution in [2.45, 2.75) is 26.8 Å². The molecule has 29 heavy (non-hydrogen) atoms. The number of allylic oxidation sites excluding steroid dienone is 6. The molecule has 1 aliphatic carbocycles. The quantitative estimate of drug-likeness (QED) is 0.397. The Labute approximate surface area is 181 Å². The van der Waals surface area contributed by atoms with Gasteiger partial charge in [-0.1, -0.05) is 109 Å².